The molecule has 5 nitrogen and oxygen atoms in total. The van der Waals surface area contributed by atoms with Crippen LogP contribution in [0.1, 0.15) is 45.2 Å². The van der Waals surface area contributed by atoms with Gasteiger partial charge in [-0.25, -0.2) is 4.79 Å². The number of hydrogen-bond acceptors (Lipinski definition) is 3. The summed E-state index contributed by atoms with van der Waals surface area (Å²) in [7, 11) is 1.63. The summed E-state index contributed by atoms with van der Waals surface area (Å²) in [5.41, 5.74) is 0.520. The lowest BCUT2D eigenvalue weighted by Gasteiger charge is -2.39. The molecule has 2 rings (SSSR count). The lowest BCUT2D eigenvalue weighted by atomic mass is 9.89. The normalized spacial score (nSPS) is 21.7. The summed E-state index contributed by atoms with van der Waals surface area (Å²) >= 11 is 0. The zero-order valence-corrected chi connectivity index (χ0v) is 14.3. The number of ether oxygens (including phenoxy) is 1. The molecule has 0 bridgehead atoms. The smallest absolute Gasteiger partial charge is 0.410 e. The van der Waals surface area contributed by atoms with Crippen LogP contribution in [0, 0.1) is 5.92 Å². The number of hydrogen-bond donors (Lipinski definition) is 1. The van der Waals surface area contributed by atoms with Gasteiger partial charge in [0.25, 0.3) is 0 Å². The zero-order valence-electron chi connectivity index (χ0n) is 14.3. The molecule has 23 heavy (non-hydrogen) atoms. The first-order valence-corrected chi connectivity index (χ1v) is 8.08. The Labute approximate surface area is 138 Å². The van der Waals surface area contributed by atoms with E-state index in [1.54, 1.807) is 11.9 Å². The first-order valence-electron chi connectivity index (χ1n) is 8.08. The Hall–Kier alpha value is -2.04. The monoisotopic (exact) mass is 318 g/mol. The fourth-order valence-electron chi connectivity index (χ4n) is 2.93. The maximum atomic E-state index is 12.6. The van der Waals surface area contributed by atoms with E-state index in [-0.39, 0.29) is 24.0 Å². The maximum absolute atomic E-state index is 12.6. The van der Waals surface area contributed by atoms with E-state index in [9.17, 15) is 9.59 Å². The minimum Gasteiger partial charge on any atom is -0.444 e. The number of likely N-dealkylation sites (tertiary alicyclic amines) is 1. The predicted octanol–water partition coefficient (Wildman–Crippen LogP) is 3.12. The van der Waals surface area contributed by atoms with E-state index >= 15 is 0 Å². The number of rotatable bonds is 2. The Bertz CT molecular complexity index is 551. The minimum absolute atomic E-state index is 0.0231. The fraction of sp³-hybridized carbons (Fsp3) is 0.556. The molecule has 0 saturated carbocycles. The van der Waals surface area contributed by atoms with E-state index in [2.05, 4.69) is 5.32 Å². The second kappa shape index (κ2) is 7.02. The standard InChI is InChI=1S/C18H26N2O3/c1-18(2,3)23-17(22)20-12-14(16(21)19-4)10-11-15(20)13-8-6-5-7-9-13/h5-9,14-15H,10-12H2,1-4H3,(H,19,21). The Morgan fingerprint density at radius 3 is 2.39 bits per heavy atom. The van der Waals surface area contributed by atoms with Crippen LogP contribution in [0.15, 0.2) is 30.3 Å². The molecule has 1 saturated heterocycles. The molecule has 0 spiro atoms. The van der Waals surface area contributed by atoms with Gasteiger partial charge in [-0.3, -0.25) is 4.79 Å². The van der Waals surface area contributed by atoms with Crippen molar-refractivity contribution in [3.8, 4) is 0 Å². The number of benzene rings is 1. The summed E-state index contributed by atoms with van der Waals surface area (Å²) in [5.74, 6) is -0.211. The van der Waals surface area contributed by atoms with Gasteiger partial charge in [0, 0.05) is 13.6 Å². The quantitative estimate of drug-likeness (QED) is 0.911. The number of carbonyl (C=O) groups excluding carboxylic acids is 2. The summed E-state index contributed by atoms with van der Waals surface area (Å²) in [4.78, 5) is 26.3. The van der Waals surface area contributed by atoms with E-state index in [4.69, 9.17) is 4.74 Å². The molecule has 0 radical (unpaired) electrons. The van der Waals surface area contributed by atoms with E-state index in [0.717, 1.165) is 18.4 Å². The molecule has 1 N–H and O–H groups in total. The Balaban J connectivity index is 2.23. The van der Waals surface area contributed by atoms with Crippen LogP contribution in [-0.2, 0) is 9.53 Å². The van der Waals surface area contributed by atoms with Gasteiger partial charge >= 0.3 is 6.09 Å². The molecule has 1 aliphatic rings. The third-order valence-corrected chi connectivity index (χ3v) is 4.01. The highest BCUT2D eigenvalue weighted by Crippen LogP contribution is 2.34. The topological polar surface area (TPSA) is 58.6 Å². The molecule has 1 aromatic carbocycles. The van der Waals surface area contributed by atoms with Crippen LogP contribution in [-0.4, -0.2) is 36.1 Å². The lowest BCUT2D eigenvalue weighted by molar-refractivity contribution is -0.126. The number of nitrogens with zero attached hydrogens (tertiary/aromatic N) is 1. The van der Waals surface area contributed by atoms with Crippen LogP contribution >= 0.6 is 0 Å². The molecular formula is C18H26N2O3. The van der Waals surface area contributed by atoms with Gasteiger partial charge in [-0.2, -0.15) is 0 Å². The average molecular weight is 318 g/mol. The molecule has 2 atom stereocenters. The summed E-state index contributed by atoms with van der Waals surface area (Å²) in [5, 5.41) is 2.68. The first kappa shape index (κ1) is 17.3. The molecule has 0 aromatic heterocycles. The SMILES string of the molecule is CNC(=O)C1CCC(c2ccccc2)N(C(=O)OC(C)(C)C)C1. The third-order valence-electron chi connectivity index (χ3n) is 4.01. The van der Waals surface area contributed by atoms with Crippen molar-refractivity contribution in [3.05, 3.63) is 35.9 Å². The molecule has 1 heterocycles. The van der Waals surface area contributed by atoms with Crippen molar-refractivity contribution in [1.29, 1.82) is 0 Å². The lowest BCUT2D eigenvalue weighted by Crippen LogP contribution is -2.48. The molecule has 1 aromatic rings. The van der Waals surface area contributed by atoms with Gasteiger partial charge in [-0.15, -0.1) is 0 Å². The summed E-state index contributed by atoms with van der Waals surface area (Å²) in [6.07, 6.45) is 1.15. The highest BCUT2D eigenvalue weighted by Gasteiger charge is 2.37. The van der Waals surface area contributed by atoms with Gasteiger partial charge in [0.15, 0.2) is 0 Å². The summed E-state index contributed by atoms with van der Waals surface area (Å²) in [6, 6.07) is 9.87. The largest absolute Gasteiger partial charge is 0.444 e. The van der Waals surface area contributed by atoms with Gasteiger partial charge in [-0.05, 0) is 39.2 Å². The molecule has 1 aliphatic heterocycles. The summed E-state index contributed by atoms with van der Waals surface area (Å²) in [6.45, 7) is 5.93. The van der Waals surface area contributed by atoms with Crippen molar-refractivity contribution < 1.29 is 14.3 Å². The highest BCUT2D eigenvalue weighted by atomic mass is 16.6. The third kappa shape index (κ3) is 4.47. The second-order valence-electron chi connectivity index (χ2n) is 6.95. The van der Waals surface area contributed by atoms with Crippen LogP contribution in [0.5, 0.6) is 0 Å². The number of amides is 2. The van der Waals surface area contributed by atoms with E-state index < -0.39 is 5.60 Å². The molecule has 0 aliphatic carbocycles. The van der Waals surface area contributed by atoms with Crippen molar-refractivity contribution in [2.75, 3.05) is 13.6 Å². The highest BCUT2D eigenvalue weighted by molar-refractivity contribution is 5.79. The summed E-state index contributed by atoms with van der Waals surface area (Å²) < 4.78 is 5.55. The van der Waals surface area contributed by atoms with Crippen molar-refractivity contribution >= 4 is 12.0 Å². The van der Waals surface area contributed by atoms with E-state index in [1.807, 2.05) is 51.1 Å². The van der Waals surface area contributed by atoms with Crippen molar-refractivity contribution in [2.45, 2.75) is 45.3 Å². The van der Waals surface area contributed by atoms with Crippen molar-refractivity contribution in [1.82, 2.24) is 10.2 Å². The molecule has 2 amide bonds. The molecule has 1 fully saturated rings. The maximum Gasteiger partial charge on any atom is 0.410 e. The van der Waals surface area contributed by atoms with Crippen LogP contribution < -0.4 is 5.32 Å². The van der Waals surface area contributed by atoms with Crippen LogP contribution in [0.3, 0.4) is 0 Å². The number of piperidine rings is 1. The minimum atomic E-state index is -0.557. The first-order chi connectivity index (χ1) is 10.8. The molecule has 126 valence electrons. The van der Waals surface area contributed by atoms with Crippen LogP contribution in [0.2, 0.25) is 0 Å². The number of nitrogens with one attached hydrogen (secondary N) is 1. The average Bonchev–Trinajstić information content (AvgIpc) is 2.52. The van der Waals surface area contributed by atoms with Gasteiger partial charge < -0.3 is 15.0 Å². The second-order valence-corrected chi connectivity index (χ2v) is 6.95. The van der Waals surface area contributed by atoms with Crippen LogP contribution in [0.25, 0.3) is 0 Å². The number of carbonyl (C=O) groups is 2. The Kier molecular flexibility index (Phi) is 5.29. The van der Waals surface area contributed by atoms with Gasteiger partial charge in [0.2, 0.25) is 5.91 Å². The van der Waals surface area contributed by atoms with Crippen molar-refractivity contribution in [2.24, 2.45) is 5.92 Å². The predicted molar refractivity (Wildman–Crippen MR) is 88.9 cm³/mol. The molecular weight excluding hydrogens is 292 g/mol. The fourth-order valence-corrected chi connectivity index (χ4v) is 2.93. The van der Waals surface area contributed by atoms with E-state index in [1.165, 1.54) is 0 Å². The van der Waals surface area contributed by atoms with Crippen molar-refractivity contribution in [3.63, 3.8) is 0 Å². The van der Waals surface area contributed by atoms with Gasteiger partial charge in [0.1, 0.15) is 5.60 Å². The zero-order chi connectivity index (χ0) is 17.0. The van der Waals surface area contributed by atoms with Crippen LogP contribution in [0.4, 0.5) is 4.79 Å². The molecule has 2 unspecified atom stereocenters. The molecule has 5 heteroatoms. The Morgan fingerprint density at radius 2 is 1.83 bits per heavy atom. The van der Waals surface area contributed by atoms with E-state index in [0.29, 0.717) is 6.54 Å². The Morgan fingerprint density at radius 1 is 1.17 bits per heavy atom. The van der Waals surface area contributed by atoms with Gasteiger partial charge in [-0.1, -0.05) is 30.3 Å². The van der Waals surface area contributed by atoms with Gasteiger partial charge in [0.05, 0.1) is 12.0 Å².